The number of fused-ring (bicyclic) bond motifs is 1. The van der Waals surface area contributed by atoms with Gasteiger partial charge in [0.15, 0.2) is 0 Å². The molecule has 0 aliphatic heterocycles. The Balaban J connectivity index is 2.76. The molecule has 2 rings (SSSR count). The van der Waals surface area contributed by atoms with Crippen molar-refractivity contribution >= 4 is 11.0 Å². The van der Waals surface area contributed by atoms with E-state index in [1.165, 1.54) is 10.9 Å². The summed E-state index contributed by atoms with van der Waals surface area (Å²) in [6.45, 7) is 3.82. The lowest BCUT2D eigenvalue weighted by Gasteiger charge is -1.88. The third kappa shape index (κ3) is 0.929. The summed E-state index contributed by atoms with van der Waals surface area (Å²) in [5, 5.41) is 1.18. The van der Waals surface area contributed by atoms with Crippen LogP contribution in [0.5, 0.6) is 0 Å². The fourth-order valence-electron chi connectivity index (χ4n) is 1.23. The van der Waals surface area contributed by atoms with Crippen molar-refractivity contribution in [2.45, 2.75) is 6.42 Å². The van der Waals surface area contributed by atoms with E-state index in [0.717, 1.165) is 12.0 Å². The highest BCUT2D eigenvalue weighted by Gasteiger charge is 2.00. The fourth-order valence-corrected chi connectivity index (χ4v) is 1.23. The lowest BCUT2D eigenvalue weighted by molar-refractivity contribution is 0.612. The Morgan fingerprint density at radius 2 is 2.09 bits per heavy atom. The average Bonchev–Trinajstić information content (AvgIpc) is 2.47. The zero-order valence-electron chi connectivity index (χ0n) is 6.21. The maximum Gasteiger partial charge on any atom is 0.134 e. The predicted octanol–water partition coefficient (Wildman–Crippen LogP) is 2.81. The molecule has 0 aliphatic rings. The van der Waals surface area contributed by atoms with Crippen LogP contribution < -0.4 is 0 Å². The normalized spacial score (nSPS) is 10.6. The van der Waals surface area contributed by atoms with Crippen LogP contribution in [0.1, 0.15) is 5.56 Å². The minimum atomic E-state index is 0.789. The Morgan fingerprint density at radius 3 is 2.91 bits per heavy atom. The van der Waals surface area contributed by atoms with Crippen molar-refractivity contribution in [3.8, 4) is 0 Å². The molecule has 1 heteroatoms. The molecular formula is C10H9O. The van der Waals surface area contributed by atoms with Gasteiger partial charge in [-0.3, -0.25) is 0 Å². The summed E-state index contributed by atoms with van der Waals surface area (Å²) < 4.78 is 5.30. The molecule has 1 heterocycles. The van der Waals surface area contributed by atoms with Crippen molar-refractivity contribution in [1.29, 1.82) is 0 Å². The quantitative estimate of drug-likeness (QED) is 0.601. The molecule has 0 saturated carbocycles. The number of furan rings is 1. The van der Waals surface area contributed by atoms with Crippen LogP contribution in [0.2, 0.25) is 0 Å². The molecule has 0 spiro atoms. The predicted molar refractivity (Wildman–Crippen MR) is 45.3 cm³/mol. The zero-order chi connectivity index (χ0) is 7.68. The molecule has 1 aromatic heterocycles. The second kappa shape index (κ2) is 2.42. The minimum absolute atomic E-state index is 0.789. The number of benzene rings is 1. The van der Waals surface area contributed by atoms with Gasteiger partial charge in [-0.2, -0.15) is 0 Å². The van der Waals surface area contributed by atoms with Gasteiger partial charge in [-0.1, -0.05) is 18.2 Å². The SMILES string of the molecule is [CH2]Cc1coc2ccccc12. The van der Waals surface area contributed by atoms with E-state index >= 15 is 0 Å². The van der Waals surface area contributed by atoms with Crippen LogP contribution in [-0.2, 0) is 6.42 Å². The molecule has 2 aromatic rings. The molecule has 0 amide bonds. The van der Waals surface area contributed by atoms with E-state index in [9.17, 15) is 0 Å². The summed E-state index contributed by atoms with van der Waals surface area (Å²) in [6.07, 6.45) is 2.56. The molecule has 1 nitrogen and oxygen atoms in total. The molecule has 0 N–H and O–H groups in total. The molecule has 0 atom stereocenters. The van der Waals surface area contributed by atoms with E-state index in [0.29, 0.717) is 0 Å². The summed E-state index contributed by atoms with van der Waals surface area (Å²) in [7, 11) is 0. The van der Waals surface area contributed by atoms with Crippen molar-refractivity contribution in [3.63, 3.8) is 0 Å². The van der Waals surface area contributed by atoms with Crippen molar-refractivity contribution in [2.24, 2.45) is 0 Å². The fraction of sp³-hybridized carbons (Fsp3) is 0.100. The molecular weight excluding hydrogens is 136 g/mol. The molecule has 0 saturated heterocycles. The number of rotatable bonds is 1. The van der Waals surface area contributed by atoms with Crippen LogP contribution in [0.15, 0.2) is 34.9 Å². The van der Waals surface area contributed by atoms with Crippen molar-refractivity contribution in [1.82, 2.24) is 0 Å². The van der Waals surface area contributed by atoms with Crippen LogP contribution in [-0.4, -0.2) is 0 Å². The van der Waals surface area contributed by atoms with Crippen LogP contribution in [0, 0.1) is 6.92 Å². The van der Waals surface area contributed by atoms with Gasteiger partial charge in [0.05, 0.1) is 6.26 Å². The average molecular weight is 145 g/mol. The maximum atomic E-state index is 5.30. The lowest BCUT2D eigenvalue weighted by Crippen LogP contribution is -1.73. The second-order valence-electron chi connectivity index (χ2n) is 2.51. The first-order valence-corrected chi connectivity index (χ1v) is 3.66. The van der Waals surface area contributed by atoms with Crippen LogP contribution in [0.4, 0.5) is 0 Å². The highest BCUT2D eigenvalue weighted by atomic mass is 16.3. The third-order valence-electron chi connectivity index (χ3n) is 1.83. The summed E-state index contributed by atoms with van der Waals surface area (Å²) in [4.78, 5) is 0. The van der Waals surface area contributed by atoms with Gasteiger partial charge in [-0.05, 0) is 25.0 Å². The van der Waals surface area contributed by atoms with E-state index in [-0.39, 0.29) is 0 Å². The van der Waals surface area contributed by atoms with E-state index < -0.39 is 0 Å². The van der Waals surface area contributed by atoms with Gasteiger partial charge in [0, 0.05) is 5.39 Å². The van der Waals surface area contributed by atoms with Crippen LogP contribution in [0.25, 0.3) is 11.0 Å². The summed E-state index contributed by atoms with van der Waals surface area (Å²) in [6, 6.07) is 8.00. The van der Waals surface area contributed by atoms with Gasteiger partial charge in [0.25, 0.3) is 0 Å². The zero-order valence-corrected chi connectivity index (χ0v) is 6.21. The van der Waals surface area contributed by atoms with Gasteiger partial charge in [-0.25, -0.2) is 0 Å². The number of hydrogen-bond donors (Lipinski definition) is 0. The lowest BCUT2D eigenvalue weighted by atomic mass is 10.1. The summed E-state index contributed by atoms with van der Waals surface area (Å²) >= 11 is 0. The van der Waals surface area contributed by atoms with Gasteiger partial charge >= 0.3 is 0 Å². The third-order valence-corrected chi connectivity index (χ3v) is 1.83. The number of hydrogen-bond acceptors (Lipinski definition) is 1. The maximum absolute atomic E-state index is 5.30. The first kappa shape index (κ1) is 6.47. The largest absolute Gasteiger partial charge is 0.464 e. The van der Waals surface area contributed by atoms with Crippen LogP contribution in [0.3, 0.4) is 0 Å². The molecule has 11 heavy (non-hydrogen) atoms. The first-order chi connectivity index (χ1) is 5.42. The van der Waals surface area contributed by atoms with Gasteiger partial charge in [0.1, 0.15) is 5.58 Å². The smallest absolute Gasteiger partial charge is 0.134 e. The Labute approximate surface area is 65.6 Å². The molecule has 0 bridgehead atoms. The van der Waals surface area contributed by atoms with Crippen molar-refractivity contribution in [3.05, 3.63) is 43.0 Å². The van der Waals surface area contributed by atoms with E-state index in [1.54, 1.807) is 6.26 Å². The first-order valence-electron chi connectivity index (χ1n) is 3.66. The van der Waals surface area contributed by atoms with Gasteiger partial charge in [-0.15, -0.1) is 0 Å². The molecule has 0 unspecified atom stereocenters. The van der Waals surface area contributed by atoms with Gasteiger partial charge in [0.2, 0.25) is 0 Å². The van der Waals surface area contributed by atoms with Gasteiger partial charge < -0.3 is 4.42 Å². The standard InChI is InChI=1S/C10H9O/c1-2-8-7-11-10-6-4-3-5-9(8)10/h3-7H,1-2H2. The Kier molecular flexibility index (Phi) is 1.42. The monoisotopic (exact) mass is 145 g/mol. The highest BCUT2D eigenvalue weighted by molar-refractivity contribution is 5.80. The Hall–Kier alpha value is -1.24. The Bertz CT molecular complexity index is 360. The van der Waals surface area contributed by atoms with E-state index in [2.05, 4.69) is 13.0 Å². The topological polar surface area (TPSA) is 13.1 Å². The van der Waals surface area contributed by atoms with E-state index in [4.69, 9.17) is 4.42 Å². The van der Waals surface area contributed by atoms with Crippen LogP contribution >= 0.6 is 0 Å². The molecule has 1 aromatic carbocycles. The second-order valence-corrected chi connectivity index (χ2v) is 2.51. The summed E-state index contributed by atoms with van der Waals surface area (Å²) in [5.41, 5.74) is 2.13. The molecule has 1 radical (unpaired) electrons. The molecule has 55 valence electrons. The molecule has 0 fully saturated rings. The number of para-hydroxylation sites is 1. The Morgan fingerprint density at radius 1 is 1.27 bits per heavy atom. The summed E-state index contributed by atoms with van der Waals surface area (Å²) in [5.74, 6) is 0. The van der Waals surface area contributed by atoms with Crippen molar-refractivity contribution in [2.75, 3.05) is 0 Å². The highest BCUT2D eigenvalue weighted by Crippen LogP contribution is 2.20. The molecule has 0 aliphatic carbocycles. The minimum Gasteiger partial charge on any atom is -0.464 e. The van der Waals surface area contributed by atoms with E-state index in [1.807, 2.05) is 18.2 Å². The van der Waals surface area contributed by atoms with Crippen molar-refractivity contribution < 1.29 is 4.42 Å².